The molecule has 0 aliphatic carbocycles. The monoisotopic (exact) mass is 878 g/mol. The third-order valence-electron chi connectivity index (χ3n) is 10.0. The molecule has 1 aromatic carbocycles. The van der Waals surface area contributed by atoms with Crippen LogP contribution in [0.3, 0.4) is 0 Å². The predicted octanol–water partition coefficient (Wildman–Crippen LogP) is -5.53. The second kappa shape index (κ2) is 23.4. The van der Waals surface area contributed by atoms with Crippen molar-refractivity contribution in [3.8, 4) is 0 Å². The molecule has 5 rings (SSSR count). The van der Waals surface area contributed by atoms with Crippen LogP contribution in [0, 0.1) is 0 Å². The fourth-order valence-corrected chi connectivity index (χ4v) is 6.57. The Kier molecular flexibility index (Phi) is 18.1. The summed E-state index contributed by atoms with van der Waals surface area (Å²) in [7, 11) is 0. The Morgan fingerprint density at radius 3 is 1.61 bits per heavy atom. The lowest BCUT2D eigenvalue weighted by Gasteiger charge is -2.39. The summed E-state index contributed by atoms with van der Waals surface area (Å²) in [4.78, 5) is 52.6. The second-order valence-electron chi connectivity index (χ2n) is 14.8. The van der Waals surface area contributed by atoms with Gasteiger partial charge in [0, 0.05) is 13.0 Å². The van der Waals surface area contributed by atoms with E-state index < -0.39 is 105 Å². The molecule has 2 fully saturated rings. The zero-order valence-electron chi connectivity index (χ0n) is 33.6. The van der Waals surface area contributed by atoms with Gasteiger partial charge in [0.1, 0.15) is 66.8 Å². The smallest absolute Gasteiger partial charge is 0.306 e. The van der Waals surface area contributed by atoms with Crippen molar-refractivity contribution >= 4 is 23.7 Å². The van der Waals surface area contributed by atoms with Crippen molar-refractivity contribution in [3.63, 3.8) is 0 Å². The molecule has 0 saturated carbocycles. The fourth-order valence-electron chi connectivity index (χ4n) is 6.57. The number of rotatable bonds is 22. The van der Waals surface area contributed by atoms with Crippen molar-refractivity contribution in [1.82, 2.24) is 50.8 Å². The third kappa shape index (κ3) is 13.5. The highest BCUT2D eigenvalue weighted by atomic mass is 16.6. The maximum absolute atomic E-state index is 13.1. The van der Waals surface area contributed by atoms with Gasteiger partial charge in [-0.2, -0.15) is 0 Å². The molecule has 0 unspecified atom stereocenters. The topological polar surface area (TPSA) is 359 Å². The van der Waals surface area contributed by atoms with E-state index in [0.29, 0.717) is 19.3 Å². The lowest BCUT2D eigenvalue weighted by molar-refractivity contribution is -0.254. The number of unbranched alkanes of at least 4 members (excludes halogenated alkanes) is 2. The molecule has 3 aromatic rings. The van der Waals surface area contributed by atoms with Crippen molar-refractivity contribution in [2.24, 2.45) is 0 Å². The first-order valence-corrected chi connectivity index (χ1v) is 19.9. The largest absolute Gasteiger partial charge is 0.461 e. The Morgan fingerprint density at radius 2 is 1.13 bits per heavy atom. The van der Waals surface area contributed by atoms with Gasteiger partial charge in [0.05, 0.1) is 58.3 Å². The standard InChI is InChI=1S/C37H54N10O15/c48-18-24-30(54)32(56)34(58)36(61-24)46-13-22(41-43-46)11-39-27(51)16-45(15-26(50)38-10-6-2-5-9-29(53)60-20-21-7-3-1-4-8-21)17-28(52)40-12-23-14-47(44-42-23)37-35(59)33(57)31(55)25(19-49)62-37/h1,3-4,7-8,13-14,24-25,30-37,48-49,54-59H,2,5-6,9-12,15-20H2,(H,38,50)(H,39,51)(H,40,52)/t24-,25-,30-,31-,32+,33+,34+,35+,36-,37-/m1/s1. The number of esters is 1. The number of aliphatic hydroxyl groups is 8. The minimum Gasteiger partial charge on any atom is -0.461 e. The number of nitrogens with zero attached hydrogens (tertiary/aromatic N) is 7. The van der Waals surface area contributed by atoms with Gasteiger partial charge in [-0.25, -0.2) is 9.36 Å². The van der Waals surface area contributed by atoms with Crippen molar-refractivity contribution in [1.29, 1.82) is 0 Å². The van der Waals surface area contributed by atoms with Crippen LogP contribution in [0.5, 0.6) is 0 Å². The minimum atomic E-state index is -1.65. The summed E-state index contributed by atoms with van der Waals surface area (Å²) in [6.45, 7) is -2.45. The van der Waals surface area contributed by atoms with Gasteiger partial charge < -0.3 is 71.0 Å². The SMILES string of the molecule is O=C(CN(CC(=O)NCc1cn([C@@H]2O[C@H](CO)[C@@H](O)[C@H](O)[C@@H]2O)nn1)CC(=O)NCc1cn([C@@H]2O[C@H](CO)[C@@H](O)[C@H](O)[C@@H]2O)nn1)NCCCCCC(=O)OCc1ccccc1. The van der Waals surface area contributed by atoms with Crippen LogP contribution in [-0.2, 0) is 53.1 Å². The first-order valence-electron chi connectivity index (χ1n) is 19.9. The van der Waals surface area contributed by atoms with Gasteiger partial charge in [-0.05, 0) is 18.4 Å². The summed E-state index contributed by atoms with van der Waals surface area (Å²) < 4.78 is 18.3. The molecule has 25 heteroatoms. The number of nitrogens with one attached hydrogen (secondary N) is 3. The highest BCUT2D eigenvalue weighted by Gasteiger charge is 2.46. The van der Waals surface area contributed by atoms with Gasteiger partial charge in [0.25, 0.3) is 0 Å². The molecule has 3 amide bonds. The van der Waals surface area contributed by atoms with Crippen LogP contribution in [0.25, 0.3) is 0 Å². The molecule has 25 nitrogen and oxygen atoms in total. The van der Waals surface area contributed by atoms with Gasteiger partial charge >= 0.3 is 5.97 Å². The van der Waals surface area contributed by atoms with E-state index in [1.54, 1.807) is 0 Å². The van der Waals surface area contributed by atoms with Crippen LogP contribution in [-0.4, -0.2) is 188 Å². The molecular weight excluding hydrogens is 824 g/mol. The Bertz CT molecular complexity index is 1790. The van der Waals surface area contributed by atoms with E-state index in [1.807, 2.05) is 30.3 Å². The normalized spacial score (nSPS) is 26.2. The van der Waals surface area contributed by atoms with Gasteiger partial charge in [-0.3, -0.25) is 24.1 Å². The summed E-state index contributed by atoms with van der Waals surface area (Å²) in [6.07, 6.45) is -10.1. The zero-order chi connectivity index (χ0) is 44.8. The maximum atomic E-state index is 13.1. The molecule has 10 atom stereocenters. The van der Waals surface area contributed by atoms with Crippen molar-refractivity contribution in [3.05, 3.63) is 59.7 Å². The molecule has 2 aromatic heterocycles. The number of hydrogen-bond donors (Lipinski definition) is 11. The number of aliphatic hydroxyl groups excluding tert-OH is 8. The average molecular weight is 879 g/mol. The van der Waals surface area contributed by atoms with Crippen LogP contribution < -0.4 is 16.0 Å². The van der Waals surface area contributed by atoms with E-state index in [2.05, 4.69) is 36.6 Å². The van der Waals surface area contributed by atoms with Gasteiger partial charge in [0.2, 0.25) is 17.7 Å². The number of benzene rings is 1. The molecule has 4 heterocycles. The number of carbonyl (C=O) groups excluding carboxylic acids is 4. The van der Waals surface area contributed by atoms with Crippen LogP contribution in [0.2, 0.25) is 0 Å². The lowest BCUT2D eigenvalue weighted by atomic mass is 9.98. The lowest BCUT2D eigenvalue weighted by Crippen LogP contribution is -2.56. The van der Waals surface area contributed by atoms with Crippen molar-refractivity contribution in [2.75, 3.05) is 39.4 Å². The van der Waals surface area contributed by atoms with E-state index in [0.717, 1.165) is 14.9 Å². The molecule has 2 aliphatic rings. The van der Waals surface area contributed by atoms with E-state index in [-0.39, 0.29) is 56.6 Å². The molecule has 11 N–H and O–H groups in total. The molecule has 62 heavy (non-hydrogen) atoms. The minimum absolute atomic E-state index is 0.183. The average Bonchev–Trinajstić information content (AvgIpc) is 3.95. The molecule has 2 saturated heterocycles. The Morgan fingerprint density at radius 1 is 0.645 bits per heavy atom. The highest BCUT2D eigenvalue weighted by Crippen LogP contribution is 2.29. The summed E-state index contributed by atoms with van der Waals surface area (Å²) in [6, 6.07) is 9.29. The molecule has 342 valence electrons. The zero-order valence-corrected chi connectivity index (χ0v) is 33.6. The Labute approximate surface area is 354 Å². The van der Waals surface area contributed by atoms with Crippen LogP contribution >= 0.6 is 0 Å². The van der Waals surface area contributed by atoms with Crippen LogP contribution in [0.1, 0.15) is 55.1 Å². The molecule has 2 aliphatic heterocycles. The van der Waals surface area contributed by atoms with Gasteiger partial charge in [-0.1, -0.05) is 47.2 Å². The van der Waals surface area contributed by atoms with Gasteiger partial charge in [0.15, 0.2) is 12.5 Å². The maximum Gasteiger partial charge on any atom is 0.306 e. The Balaban J connectivity index is 1.11. The van der Waals surface area contributed by atoms with E-state index in [9.17, 15) is 60.0 Å². The number of ether oxygens (including phenoxy) is 3. The van der Waals surface area contributed by atoms with Crippen molar-refractivity contribution < 1.29 is 74.2 Å². The van der Waals surface area contributed by atoms with Crippen LogP contribution in [0.15, 0.2) is 42.7 Å². The first kappa shape index (κ1) is 48.0. The predicted molar refractivity (Wildman–Crippen MR) is 206 cm³/mol. The Hall–Kier alpha value is -5.06. The van der Waals surface area contributed by atoms with Crippen LogP contribution in [0.4, 0.5) is 0 Å². The second-order valence-corrected chi connectivity index (χ2v) is 14.8. The summed E-state index contributed by atoms with van der Waals surface area (Å²) in [5, 5.41) is 104. The molecule has 0 bridgehead atoms. The first-order chi connectivity index (χ1) is 29.8. The molecule has 0 spiro atoms. The summed E-state index contributed by atoms with van der Waals surface area (Å²) >= 11 is 0. The highest BCUT2D eigenvalue weighted by molar-refractivity contribution is 5.84. The number of aromatic nitrogens is 6. The van der Waals surface area contributed by atoms with Gasteiger partial charge in [-0.15, -0.1) is 10.2 Å². The molecular formula is C37H54N10O15. The number of hydrogen-bond acceptors (Lipinski definition) is 20. The third-order valence-corrected chi connectivity index (χ3v) is 10.0. The van der Waals surface area contributed by atoms with E-state index in [1.165, 1.54) is 17.3 Å². The molecule has 0 radical (unpaired) electrons. The van der Waals surface area contributed by atoms with E-state index >= 15 is 0 Å². The number of amides is 3. The fraction of sp³-hybridized carbons (Fsp3) is 0.622. The van der Waals surface area contributed by atoms with E-state index in [4.69, 9.17) is 14.2 Å². The van der Waals surface area contributed by atoms with Crippen molar-refractivity contribution in [2.45, 2.75) is 107 Å². The summed E-state index contributed by atoms with van der Waals surface area (Å²) in [5.41, 5.74) is 1.27. The quantitative estimate of drug-likeness (QED) is 0.0331. The summed E-state index contributed by atoms with van der Waals surface area (Å²) in [5.74, 6) is -2.05. The number of carbonyl (C=O) groups is 4.